The first kappa shape index (κ1) is 24.2. The lowest BCUT2D eigenvalue weighted by Gasteiger charge is -2.26. The second kappa shape index (κ2) is 13.3. The SMILES string of the molecule is CCCCC(CC)CNC(=NCc1nnc(C)n1C)NC1CCCCC1.I. The molecule has 1 heterocycles. The van der Waals surface area contributed by atoms with Gasteiger partial charge in [0.25, 0.3) is 0 Å². The van der Waals surface area contributed by atoms with Gasteiger partial charge < -0.3 is 15.2 Å². The predicted molar refractivity (Wildman–Crippen MR) is 124 cm³/mol. The quantitative estimate of drug-likeness (QED) is 0.307. The molecule has 1 aromatic heterocycles. The van der Waals surface area contributed by atoms with E-state index in [-0.39, 0.29) is 24.0 Å². The summed E-state index contributed by atoms with van der Waals surface area (Å²) in [5.74, 6) is 3.48. The number of guanidine groups is 1. The van der Waals surface area contributed by atoms with Crippen molar-refractivity contribution in [2.75, 3.05) is 6.54 Å². The third-order valence-electron chi connectivity index (χ3n) is 5.61. The Kier molecular flexibility index (Phi) is 11.9. The van der Waals surface area contributed by atoms with Gasteiger partial charge in [-0.15, -0.1) is 34.2 Å². The molecule has 1 unspecified atom stereocenters. The van der Waals surface area contributed by atoms with Gasteiger partial charge in [-0.1, -0.05) is 52.4 Å². The fourth-order valence-corrected chi connectivity index (χ4v) is 3.52. The normalized spacial score (nSPS) is 16.7. The van der Waals surface area contributed by atoms with Crippen LogP contribution in [0.25, 0.3) is 0 Å². The fourth-order valence-electron chi connectivity index (χ4n) is 3.52. The molecule has 1 fully saturated rings. The lowest BCUT2D eigenvalue weighted by Crippen LogP contribution is -2.45. The monoisotopic (exact) mass is 490 g/mol. The summed E-state index contributed by atoms with van der Waals surface area (Å²) in [7, 11) is 2.00. The number of unbranched alkanes of at least 4 members (excludes halogenated alkanes) is 1. The van der Waals surface area contributed by atoms with Gasteiger partial charge in [0.05, 0.1) is 0 Å². The Labute approximate surface area is 182 Å². The molecule has 1 aromatic rings. The van der Waals surface area contributed by atoms with Crippen LogP contribution >= 0.6 is 24.0 Å². The van der Waals surface area contributed by atoms with Crippen LogP contribution in [0.2, 0.25) is 0 Å². The lowest BCUT2D eigenvalue weighted by molar-refractivity contribution is 0.403. The Morgan fingerprint density at radius 1 is 1.22 bits per heavy atom. The van der Waals surface area contributed by atoms with Crippen LogP contribution in [0.5, 0.6) is 0 Å². The maximum atomic E-state index is 4.82. The summed E-state index contributed by atoms with van der Waals surface area (Å²) < 4.78 is 2.01. The zero-order valence-corrected chi connectivity index (χ0v) is 20.0. The Hall–Kier alpha value is -0.860. The molecule has 0 aromatic carbocycles. The number of halogens is 1. The van der Waals surface area contributed by atoms with Crippen molar-refractivity contribution in [2.24, 2.45) is 18.0 Å². The number of nitrogens with one attached hydrogen (secondary N) is 2. The highest BCUT2D eigenvalue weighted by Crippen LogP contribution is 2.17. The molecule has 6 nitrogen and oxygen atoms in total. The number of hydrogen-bond acceptors (Lipinski definition) is 3. The van der Waals surface area contributed by atoms with Crippen molar-refractivity contribution < 1.29 is 0 Å². The van der Waals surface area contributed by atoms with Crippen LogP contribution in [0, 0.1) is 12.8 Å². The summed E-state index contributed by atoms with van der Waals surface area (Å²) in [6, 6.07) is 0.548. The molecule has 1 saturated carbocycles. The highest BCUT2D eigenvalue weighted by Gasteiger charge is 2.16. The van der Waals surface area contributed by atoms with Crippen LogP contribution in [0.4, 0.5) is 0 Å². The summed E-state index contributed by atoms with van der Waals surface area (Å²) in [6.45, 7) is 8.08. The van der Waals surface area contributed by atoms with Gasteiger partial charge in [0, 0.05) is 19.6 Å². The summed E-state index contributed by atoms with van der Waals surface area (Å²) in [4.78, 5) is 4.82. The van der Waals surface area contributed by atoms with E-state index in [2.05, 4.69) is 34.7 Å². The number of aromatic nitrogens is 3. The first-order valence-electron chi connectivity index (χ1n) is 10.5. The molecule has 27 heavy (non-hydrogen) atoms. The molecule has 2 N–H and O–H groups in total. The van der Waals surface area contributed by atoms with Crippen LogP contribution in [-0.4, -0.2) is 33.3 Å². The van der Waals surface area contributed by atoms with E-state index in [0.717, 1.165) is 24.2 Å². The van der Waals surface area contributed by atoms with Crippen molar-refractivity contribution in [3.8, 4) is 0 Å². The first-order chi connectivity index (χ1) is 12.6. The van der Waals surface area contributed by atoms with E-state index in [4.69, 9.17) is 4.99 Å². The standard InChI is InChI=1S/C20H38N6.HI/c1-5-7-11-17(6-2)14-21-20(23-18-12-9-8-10-13-18)22-15-19-25-24-16(3)26(19)4;/h17-18H,5-15H2,1-4H3,(H2,21,22,23);1H. The van der Waals surface area contributed by atoms with Crippen molar-refractivity contribution >= 4 is 29.9 Å². The first-order valence-corrected chi connectivity index (χ1v) is 10.5. The van der Waals surface area contributed by atoms with Crippen molar-refractivity contribution in [3.05, 3.63) is 11.6 Å². The molecule has 0 radical (unpaired) electrons. The topological polar surface area (TPSA) is 67.1 Å². The molecule has 1 aliphatic rings. The highest BCUT2D eigenvalue weighted by atomic mass is 127. The van der Waals surface area contributed by atoms with E-state index in [1.165, 1.54) is 57.8 Å². The van der Waals surface area contributed by atoms with Gasteiger partial charge in [-0.25, -0.2) is 4.99 Å². The zero-order valence-electron chi connectivity index (χ0n) is 17.6. The molecule has 1 aliphatic carbocycles. The van der Waals surface area contributed by atoms with E-state index in [1.807, 2.05) is 18.5 Å². The third-order valence-corrected chi connectivity index (χ3v) is 5.61. The third kappa shape index (κ3) is 8.35. The van der Waals surface area contributed by atoms with E-state index in [0.29, 0.717) is 18.5 Å². The van der Waals surface area contributed by atoms with E-state index >= 15 is 0 Å². The van der Waals surface area contributed by atoms with Crippen LogP contribution in [0.1, 0.15) is 83.3 Å². The maximum absolute atomic E-state index is 4.82. The van der Waals surface area contributed by atoms with Gasteiger partial charge in [-0.05, 0) is 32.1 Å². The molecular weight excluding hydrogens is 451 g/mol. The Morgan fingerprint density at radius 2 is 1.96 bits per heavy atom. The number of nitrogens with zero attached hydrogens (tertiary/aromatic N) is 4. The van der Waals surface area contributed by atoms with E-state index < -0.39 is 0 Å². The summed E-state index contributed by atoms with van der Waals surface area (Å²) in [5.41, 5.74) is 0. The Bertz CT molecular complexity index is 551. The van der Waals surface area contributed by atoms with Gasteiger partial charge in [-0.2, -0.15) is 0 Å². The molecule has 0 aliphatic heterocycles. The smallest absolute Gasteiger partial charge is 0.191 e. The lowest BCUT2D eigenvalue weighted by atomic mass is 9.95. The average Bonchev–Trinajstić information content (AvgIpc) is 2.98. The van der Waals surface area contributed by atoms with E-state index in [1.54, 1.807) is 0 Å². The van der Waals surface area contributed by atoms with Gasteiger partial charge in [0.2, 0.25) is 0 Å². The predicted octanol–water partition coefficient (Wildman–Crippen LogP) is 4.33. The number of aliphatic imine (C=N–C) groups is 1. The number of aryl methyl sites for hydroxylation is 1. The van der Waals surface area contributed by atoms with Crippen molar-refractivity contribution in [1.82, 2.24) is 25.4 Å². The van der Waals surface area contributed by atoms with Crippen molar-refractivity contribution in [2.45, 2.75) is 91.1 Å². The van der Waals surface area contributed by atoms with Crippen LogP contribution in [0.3, 0.4) is 0 Å². The minimum Gasteiger partial charge on any atom is -0.356 e. The van der Waals surface area contributed by atoms with Gasteiger partial charge >= 0.3 is 0 Å². The zero-order chi connectivity index (χ0) is 18.8. The van der Waals surface area contributed by atoms with E-state index in [9.17, 15) is 0 Å². The summed E-state index contributed by atoms with van der Waals surface area (Å²) in [6.07, 6.45) is 11.6. The summed E-state index contributed by atoms with van der Waals surface area (Å²) >= 11 is 0. The van der Waals surface area contributed by atoms with Gasteiger partial charge in [0.15, 0.2) is 11.8 Å². The minimum atomic E-state index is 0. The van der Waals surface area contributed by atoms with Crippen LogP contribution < -0.4 is 10.6 Å². The van der Waals surface area contributed by atoms with Crippen LogP contribution in [-0.2, 0) is 13.6 Å². The summed E-state index contributed by atoms with van der Waals surface area (Å²) in [5, 5.41) is 15.6. The van der Waals surface area contributed by atoms with Gasteiger partial charge in [-0.3, -0.25) is 0 Å². The molecule has 1 atom stereocenters. The van der Waals surface area contributed by atoms with Crippen LogP contribution in [0.15, 0.2) is 4.99 Å². The number of rotatable bonds is 9. The fraction of sp³-hybridized carbons (Fsp3) is 0.850. The molecule has 0 saturated heterocycles. The molecule has 7 heteroatoms. The Balaban J connectivity index is 0.00000364. The second-order valence-electron chi connectivity index (χ2n) is 7.66. The van der Waals surface area contributed by atoms with Crippen molar-refractivity contribution in [3.63, 3.8) is 0 Å². The molecule has 156 valence electrons. The largest absolute Gasteiger partial charge is 0.356 e. The molecule has 0 bridgehead atoms. The second-order valence-corrected chi connectivity index (χ2v) is 7.66. The number of hydrogen-bond donors (Lipinski definition) is 2. The molecule has 0 spiro atoms. The van der Waals surface area contributed by atoms with Crippen molar-refractivity contribution in [1.29, 1.82) is 0 Å². The highest BCUT2D eigenvalue weighted by molar-refractivity contribution is 14.0. The Morgan fingerprint density at radius 3 is 2.56 bits per heavy atom. The molecular formula is C20H39IN6. The maximum Gasteiger partial charge on any atom is 0.191 e. The molecule has 0 amide bonds. The minimum absolute atomic E-state index is 0. The van der Waals surface area contributed by atoms with Gasteiger partial charge in [0.1, 0.15) is 12.4 Å². The molecule has 2 rings (SSSR count). The average molecular weight is 490 g/mol.